The Morgan fingerprint density at radius 1 is 0.525 bits per heavy atom. The van der Waals surface area contributed by atoms with Crippen molar-refractivity contribution in [3.05, 3.63) is 85.1 Å². The molecule has 0 aliphatic rings. The molecular weight excluding hydrogens is 786 g/mol. The second kappa shape index (κ2) is 46.7. The maximum atomic E-state index is 12.1. The number of amides is 1. The average molecular weight is 874 g/mol. The smallest absolute Gasteiger partial charge is 0.463 e. The zero-order chi connectivity index (χ0) is 44.6. The number of aliphatic hydroxyl groups is 1. The molecule has 2 unspecified atom stereocenters. The highest BCUT2D eigenvalue weighted by molar-refractivity contribution is 7.47. The summed E-state index contributed by atoms with van der Waals surface area (Å²) in [6.07, 6.45) is 59.5. The Hall–Kier alpha value is -2.81. The lowest BCUT2D eigenvalue weighted by Gasteiger charge is -2.15. The van der Waals surface area contributed by atoms with Crippen molar-refractivity contribution in [2.75, 3.05) is 26.4 Å². The number of hydrogen-bond donors (Lipinski definition) is 3. The number of carbonyl (C=O) groups is 2. The van der Waals surface area contributed by atoms with Crippen LogP contribution in [0, 0.1) is 0 Å². The Balaban J connectivity index is 3.69. The van der Waals surface area contributed by atoms with Gasteiger partial charge in [0.1, 0.15) is 12.7 Å². The first-order chi connectivity index (χ1) is 29.8. The summed E-state index contributed by atoms with van der Waals surface area (Å²) >= 11 is 0. The van der Waals surface area contributed by atoms with E-state index in [9.17, 15) is 24.2 Å². The SMILES string of the molecule is CC/C=C\C/C=C\C/C=C\C/C=C\C/C=C\C/C=C\C/C=C\CCCC(=O)OCC(O)COP(=O)(O)OCCNC(=O)CCCCCCCCCCCCCCCCCCC. The highest BCUT2D eigenvalue weighted by Gasteiger charge is 2.23. The van der Waals surface area contributed by atoms with Crippen molar-refractivity contribution in [1.29, 1.82) is 0 Å². The Bertz CT molecular complexity index is 1270. The molecule has 0 aromatic rings. The first kappa shape index (κ1) is 58.2. The Morgan fingerprint density at radius 3 is 1.38 bits per heavy atom. The predicted molar refractivity (Wildman–Crippen MR) is 256 cm³/mol. The number of carbonyl (C=O) groups excluding carboxylic acids is 2. The molecule has 0 fully saturated rings. The summed E-state index contributed by atoms with van der Waals surface area (Å²) in [5.41, 5.74) is 0. The zero-order valence-corrected chi connectivity index (χ0v) is 39.5. The van der Waals surface area contributed by atoms with Crippen LogP contribution in [0.15, 0.2) is 85.1 Å². The van der Waals surface area contributed by atoms with Crippen molar-refractivity contribution in [2.45, 2.75) is 200 Å². The van der Waals surface area contributed by atoms with E-state index in [1.807, 2.05) is 6.08 Å². The fourth-order valence-electron chi connectivity index (χ4n) is 6.25. The standard InChI is InChI=1S/C51H88NO8P/c1-3-5-7-9-11-13-15-17-19-21-22-23-24-25-26-28-30-32-34-36-38-40-42-44-51(55)58-47-49(53)48-60-61(56,57)59-46-45-52-50(54)43-41-39-37-35-33-31-29-27-20-18-16-14-12-10-8-6-4-2/h5,7,11,13,17,19,22-23,25-26,30,32,36,38,49,53H,3-4,6,8-10,12,14-16,18,20-21,24,27-29,31,33-35,37,39-48H2,1-2H3,(H,52,54)(H,56,57)/b7-5-,13-11-,19-17-,23-22-,26-25-,32-30-,38-36-. The number of rotatable bonds is 44. The second-order valence-corrected chi connectivity index (χ2v) is 17.2. The third-order valence-corrected chi connectivity index (χ3v) is 10.8. The Labute approximate surface area is 373 Å². The fraction of sp³-hybridized carbons (Fsp3) is 0.686. The molecule has 0 aliphatic carbocycles. The molecule has 1 amide bonds. The van der Waals surface area contributed by atoms with Crippen molar-refractivity contribution >= 4 is 19.7 Å². The van der Waals surface area contributed by atoms with Crippen molar-refractivity contribution in [2.24, 2.45) is 0 Å². The van der Waals surface area contributed by atoms with Crippen LogP contribution in [-0.2, 0) is 27.9 Å². The number of allylic oxidation sites excluding steroid dienone is 14. The summed E-state index contributed by atoms with van der Waals surface area (Å²) in [7, 11) is -4.44. The predicted octanol–water partition coefficient (Wildman–Crippen LogP) is 14.0. The maximum absolute atomic E-state index is 12.1. The molecule has 0 bridgehead atoms. The summed E-state index contributed by atoms with van der Waals surface area (Å²) in [6.45, 7) is 3.38. The molecule has 350 valence electrons. The minimum absolute atomic E-state index is 0.0730. The van der Waals surface area contributed by atoms with Gasteiger partial charge in [-0.3, -0.25) is 18.6 Å². The van der Waals surface area contributed by atoms with E-state index in [0.29, 0.717) is 12.8 Å². The number of hydrogen-bond acceptors (Lipinski definition) is 7. The van der Waals surface area contributed by atoms with Crippen LogP contribution < -0.4 is 5.32 Å². The zero-order valence-electron chi connectivity index (χ0n) is 38.6. The van der Waals surface area contributed by atoms with Gasteiger partial charge in [-0.25, -0.2) is 4.57 Å². The molecule has 61 heavy (non-hydrogen) atoms. The van der Waals surface area contributed by atoms with Gasteiger partial charge in [0.25, 0.3) is 0 Å². The minimum Gasteiger partial charge on any atom is -0.463 e. The summed E-state index contributed by atoms with van der Waals surface area (Å²) in [5, 5.41) is 12.7. The maximum Gasteiger partial charge on any atom is 0.472 e. The van der Waals surface area contributed by atoms with E-state index in [1.165, 1.54) is 89.9 Å². The van der Waals surface area contributed by atoms with E-state index in [4.69, 9.17) is 13.8 Å². The summed E-state index contributed by atoms with van der Waals surface area (Å²) in [6, 6.07) is 0. The van der Waals surface area contributed by atoms with Crippen LogP contribution in [0.3, 0.4) is 0 Å². The third kappa shape index (κ3) is 48.1. The van der Waals surface area contributed by atoms with Gasteiger partial charge in [0.15, 0.2) is 0 Å². The fourth-order valence-corrected chi connectivity index (χ4v) is 7.01. The lowest BCUT2D eigenvalue weighted by molar-refractivity contribution is -0.147. The molecule has 0 rings (SSSR count). The minimum atomic E-state index is -4.44. The largest absolute Gasteiger partial charge is 0.472 e. The van der Waals surface area contributed by atoms with Gasteiger partial charge in [0.05, 0.1) is 13.2 Å². The molecule has 0 aliphatic heterocycles. The highest BCUT2D eigenvalue weighted by Crippen LogP contribution is 2.42. The summed E-state index contributed by atoms with van der Waals surface area (Å²) < 4.78 is 26.9. The van der Waals surface area contributed by atoms with Crippen molar-refractivity contribution < 1.29 is 37.9 Å². The van der Waals surface area contributed by atoms with Crippen molar-refractivity contribution in [3.8, 4) is 0 Å². The monoisotopic (exact) mass is 874 g/mol. The molecule has 0 saturated heterocycles. The van der Waals surface area contributed by atoms with Crippen molar-refractivity contribution in [3.63, 3.8) is 0 Å². The van der Waals surface area contributed by atoms with Crippen LogP contribution in [0.1, 0.15) is 194 Å². The molecule has 0 heterocycles. The molecule has 3 N–H and O–H groups in total. The molecule has 10 heteroatoms. The number of aliphatic hydroxyl groups excluding tert-OH is 1. The van der Waals surface area contributed by atoms with Gasteiger partial charge in [-0.05, 0) is 64.2 Å². The quantitative estimate of drug-likeness (QED) is 0.0239. The summed E-state index contributed by atoms with van der Waals surface area (Å²) in [4.78, 5) is 34.0. The van der Waals surface area contributed by atoms with Crippen LogP contribution in [0.4, 0.5) is 0 Å². The lowest BCUT2D eigenvalue weighted by Crippen LogP contribution is -2.27. The number of ether oxygens (including phenoxy) is 1. The van der Waals surface area contributed by atoms with Gasteiger partial charge in [-0.1, -0.05) is 202 Å². The molecular formula is C51H88NO8P. The van der Waals surface area contributed by atoms with Crippen LogP contribution in [0.5, 0.6) is 0 Å². The second-order valence-electron chi connectivity index (χ2n) is 15.7. The lowest BCUT2D eigenvalue weighted by atomic mass is 10.0. The topological polar surface area (TPSA) is 131 Å². The molecule has 0 spiro atoms. The number of phosphoric ester groups is 1. The number of esters is 1. The van der Waals surface area contributed by atoms with Crippen molar-refractivity contribution in [1.82, 2.24) is 5.32 Å². The van der Waals surface area contributed by atoms with Gasteiger partial charge >= 0.3 is 13.8 Å². The Kier molecular flexibility index (Phi) is 44.5. The number of phosphoric acid groups is 1. The van der Waals surface area contributed by atoms with E-state index in [0.717, 1.165) is 70.6 Å². The van der Waals surface area contributed by atoms with Gasteiger partial charge in [-0.2, -0.15) is 0 Å². The summed E-state index contributed by atoms with van der Waals surface area (Å²) in [5.74, 6) is -0.578. The average Bonchev–Trinajstić information content (AvgIpc) is 3.25. The molecule has 0 radical (unpaired) electrons. The number of nitrogens with one attached hydrogen (secondary N) is 1. The van der Waals surface area contributed by atoms with E-state index in [2.05, 4.69) is 98.2 Å². The molecule has 0 aromatic heterocycles. The van der Waals surface area contributed by atoms with E-state index >= 15 is 0 Å². The molecule has 9 nitrogen and oxygen atoms in total. The van der Waals surface area contributed by atoms with Crippen LogP contribution in [-0.4, -0.2) is 54.3 Å². The Morgan fingerprint density at radius 2 is 0.934 bits per heavy atom. The molecule has 0 saturated carbocycles. The number of unbranched alkanes of at least 4 members (excludes halogenated alkanes) is 17. The normalized spacial score (nSPS) is 14.0. The molecule has 0 aromatic carbocycles. The van der Waals surface area contributed by atoms with Crippen LogP contribution in [0.25, 0.3) is 0 Å². The first-order valence-electron chi connectivity index (χ1n) is 24.1. The third-order valence-electron chi connectivity index (χ3n) is 9.84. The van der Waals surface area contributed by atoms with E-state index in [1.54, 1.807) is 0 Å². The van der Waals surface area contributed by atoms with Gasteiger partial charge in [0.2, 0.25) is 5.91 Å². The van der Waals surface area contributed by atoms with Crippen LogP contribution >= 0.6 is 7.82 Å². The molecule has 2 atom stereocenters. The van der Waals surface area contributed by atoms with E-state index < -0.39 is 26.5 Å². The van der Waals surface area contributed by atoms with Gasteiger partial charge < -0.3 is 20.1 Å². The van der Waals surface area contributed by atoms with Gasteiger partial charge in [0, 0.05) is 19.4 Å². The van der Waals surface area contributed by atoms with Crippen LogP contribution in [0.2, 0.25) is 0 Å². The highest BCUT2D eigenvalue weighted by atomic mass is 31.2. The van der Waals surface area contributed by atoms with Gasteiger partial charge in [-0.15, -0.1) is 0 Å². The van der Waals surface area contributed by atoms with E-state index in [-0.39, 0.29) is 32.1 Å². The first-order valence-corrected chi connectivity index (χ1v) is 25.6.